The summed E-state index contributed by atoms with van der Waals surface area (Å²) in [6.45, 7) is 3.76. The van der Waals surface area contributed by atoms with Crippen LogP contribution in [0.5, 0.6) is 0 Å². The van der Waals surface area contributed by atoms with Crippen LogP contribution in [0.15, 0.2) is 29.2 Å². The average Bonchev–Trinajstić information content (AvgIpc) is 2.98. The molecule has 0 saturated carbocycles. The topological polar surface area (TPSA) is 6.48 Å². The van der Waals surface area contributed by atoms with Gasteiger partial charge < -0.3 is 9.80 Å². The maximum atomic E-state index is 2.65. The summed E-state index contributed by atoms with van der Waals surface area (Å²) in [5, 5.41) is 0. The predicted molar refractivity (Wildman–Crippen MR) is 78.4 cm³/mol. The van der Waals surface area contributed by atoms with Gasteiger partial charge in [0.1, 0.15) is 0 Å². The van der Waals surface area contributed by atoms with Crippen LogP contribution < -0.4 is 0 Å². The first-order chi connectivity index (χ1) is 8.74. The van der Waals surface area contributed by atoms with E-state index in [1.165, 1.54) is 36.7 Å². The monoisotopic (exact) mass is 262 g/mol. The van der Waals surface area contributed by atoms with E-state index in [4.69, 9.17) is 0 Å². The van der Waals surface area contributed by atoms with E-state index >= 15 is 0 Å². The predicted octanol–water partition coefficient (Wildman–Crippen LogP) is 2.51. The first kappa shape index (κ1) is 12.5. The Kier molecular flexibility index (Phi) is 3.64. The van der Waals surface area contributed by atoms with E-state index < -0.39 is 0 Å². The molecule has 2 nitrogen and oxygen atoms in total. The van der Waals surface area contributed by atoms with Gasteiger partial charge >= 0.3 is 0 Å². The van der Waals surface area contributed by atoms with E-state index in [-0.39, 0.29) is 0 Å². The average molecular weight is 262 g/mol. The maximum Gasteiger partial charge on any atom is 0.0229 e. The lowest BCUT2D eigenvalue weighted by molar-refractivity contribution is 0.263. The Labute approximate surface area is 114 Å². The third-order valence-electron chi connectivity index (χ3n) is 4.26. The molecule has 98 valence electrons. The molecule has 2 aliphatic rings. The van der Waals surface area contributed by atoms with Gasteiger partial charge in [0.25, 0.3) is 0 Å². The van der Waals surface area contributed by atoms with Crippen LogP contribution >= 0.6 is 11.8 Å². The smallest absolute Gasteiger partial charge is 0.0229 e. The second-order valence-electron chi connectivity index (χ2n) is 5.71. The lowest BCUT2D eigenvalue weighted by atomic mass is 10.0. The zero-order chi connectivity index (χ0) is 12.5. The molecule has 1 saturated heterocycles. The first-order valence-electron chi connectivity index (χ1n) is 6.84. The molecule has 18 heavy (non-hydrogen) atoms. The molecule has 0 N–H and O–H groups in total. The van der Waals surface area contributed by atoms with Gasteiger partial charge in [0.2, 0.25) is 0 Å². The molecule has 0 spiro atoms. The van der Waals surface area contributed by atoms with Crippen molar-refractivity contribution in [3.63, 3.8) is 0 Å². The van der Waals surface area contributed by atoms with Crippen LogP contribution in [0.1, 0.15) is 17.9 Å². The number of benzene rings is 1. The molecule has 1 aromatic rings. The van der Waals surface area contributed by atoms with Crippen LogP contribution in [0.3, 0.4) is 0 Å². The number of hydrogen-bond donors (Lipinski definition) is 0. The zero-order valence-corrected chi connectivity index (χ0v) is 12.1. The molecule has 1 aromatic carbocycles. The van der Waals surface area contributed by atoms with Crippen LogP contribution in [0.2, 0.25) is 0 Å². The van der Waals surface area contributed by atoms with Crippen molar-refractivity contribution >= 4 is 11.8 Å². The van der Waals surface area contributed by atoms with Crippen molar-refractivity contribution in [3.05, 3.63) is 29.8 Å². The van der Waals surface area contributed by atoms with Gasteiger partial charge in [-0.25, -0.2) is 0 Å². The molecular formula is C15H22N2S. The van der Waals surface area contributed by atoms with E-state index in [2.05, 4.69) is 48.2 Å². The summed E-state index contributed by atoms with van der Waals surface area (Å²) in [6, 6.07) is 9.69. The van der Waals surface area contributed by atoms with Crippen molar-refractivity contribution in [2.75, 3.05) is 39.5 Å². The fourth-order valence-electron chi connectivity index (χ4n) is 3.09. The van der Waals surface area contributed by atoms with Crippen LogP contribution in [-0.4, -0.2) is 55.3 Å². The minimum absolute atomic E-state index is 0.743. The highest BCUT2D eigenvalue weighted by molar-refractivity contribution is 7.99. The third-order valence-corrected chi connectivity index (χ3v) is 5.51. The van der Waals surface area contributed by atoms with Gasteiger partial charge in [-0.15, -0.1) is 11.8 Å². The number of likely N-dealkylation sites (N-methyl/N-ethyl adjacent to an activating group) is 1. The van der Waals surface area contributed by atoms with E-state index in [9.17, 15) is 0 Å². The quantitative estimate of drug-likeness (QED) is 0.826. The Morgan fingerprint density at radius 3 is 2.94 bits per heavy atom. The second kappa shape index (κ2) is 5.24. The molecule has 0 amide bonds. The van der Waals surface area contributed by atoms with Crippen molar-refractivity contribution in [1.29, 1.82) is 0 Å². The van der Waals surface area contributed by atoms with E-state index in [1.807, 2.05) is 11.8 Å². The number of hydrogen-bond acceptors (Lipinski definition) is 3. The highest BCUT2D eigenvalue weighted by Crippen LogP contribution is 2.39. The fraction of sp³-hybridized carbons (Fsp3) is 0.600. The lowest BCUT2D eigenvalue weighted by Gasteiger charge is -2.22. The molecule has 0 radical (unpaired) electrons. The zero-order valence-electron chi connectivity index (χ0n) is 11.3. The second-order valence-corrected chi connectivity index (χ2v) is 6.77. The van der Waals surface area contributed by atoms with Gasteiger partial charge in [0.05, 0.1) is 0 Å². The Hall–Kier alpha value is -0.510. The Morgan fingerprint density at radius 2 is 2.17 bits per heavy atom. The molecule has 1 fully saturated rings. The summed E-state index contributed by atoms with van der Waals surface area (Å²) in [5.74, 6) is 2.01. The Bertz CT molecular complexity index is 419. The van der Waals surface area contributed by atoms with Gasteiger partial charge in [-0.05, 0) is 38.7 Å². The molecule has 2 atom stereocenters. The number of thioether (sulfide) groups is 1. The van der Waals surface area contributed by atoms with Crippen molar-refractivity contribution in [1.82, 2.24) is 9.80 Å². The lowest BCUT2D eigenvalue weighted by Crippen LogP contribution is -2.33. The largest absolute Gasteiger partial charge is 0.305 e. The summed E-state index contributed by atoms with van der Waals surface area (Å²) < 4.78 is 0. The number of nitrogens with zero attached hydrogens (tertiary/aromatic N) is 2. The summed E-state index contributed by atoms with van der Waals surface area (Å²) in [6.07, 6.45) is 1.33. The fourth-order valence-corrected chi connectivity index (χ4v) is 4.33. The van der Waals surface area contributed by atoms with E-state index in [0.717, 1.165) is 12.0 Å². The summed E-state index contributed by atoms with van der Waals surface area (Å²) in [7, 11) is 4.41. The molecule has 0 aromatic heterocycles. The van der Waals surface area contributed by atoms with Gasteiger partial charge in [-0.2, -0.15) is 0 Å². The molecule has 0 bridgehead atoms. The van der Waals surface area contributed by atoms with Crippen molar-refractivity contribution < 1.29 is 0 Å². The molecule has 2 aliphatic heterocycles. The third kappa shape index (κ3) is 2.44. The van der Waals surface area contributed by atoms with Crippen LogP contribution in [0.25, 0.3) is 0 Å². The number of fused-ring (bicyclic) bond motifs is 1. The summed E-state index contributed by atoms with van der Waals surface area (Å²) in [4.78, 5) is 6.53. The van der Waals surface area contributed by atoms with Crippen LogP contribution in [-0.2, 0) is 0 Å². The van der Waals surface area contributed by atoms with Gasteiger partial charge in [-0.1, -0.05) is 18.2 Å². The van der Waals surface area contributed by atoms with Crippen molar-refractivity contribution in [2.45, 2.75) is 23.3 Å². The first-order valence-corrected chi connectivity index (χ1v) is 7.83. The normalized spacial score (nSPS) is 27.9. The van der Waals surface area contributed by atoms with Crippen molar-refractivity contribution in [3.8, 4) is 0 Å². The Morgan fingerprint density at radius 1 is 1.33 bits per heavy atom. The van der Waals surface area contributed by atoms with Crippen LogP contribution in [0.4, 0.5) is 0 Å². The van der Waals surface area contributed by atoms with Crippen molar-refractivity contribution in [2.24, 2.45) is 0 Å². The van der Waals surface area contributed by atoms with Gasteiger partial charge in [0, 0.05) is 35.7 Å². The van der Waals surface area contributed by atoms with E-state index in [0.29, 0.717) is 0 Å². The minimum atomic E-state index is 0.743. The highest BCUT2D eigenvalue weighted by atomic mass is 32.2. The molecule has 3 heteroatoms. The standard InChI is InChI=1S/C15H22N2S/c1-16(2)13-7-8-17(10-13)9-12-11-18-15-6-4-3-5-14(12)15/h3-6,12-13H,7-11H2,1-2H3. The molecule has 0 aliphatic carbocycles. The molecule has 2 unspecified atom stereocenters. The number of rotatable bonds is 3. The van der Waals surface area contributed by atoms with E-state index in [1.54, 1.807) is 5.56 Å². The van der Waals surface area contributed by atoms with Gasteiger partial charge in [-0.3, -0.25) is 0 Å². The molecular weight excluding hydrogens is 240 g/mol. The number of likely N-dealkylation sites (tertiary alicyclic amines) is 1. The van der Waals surface area contributed by atoms with Crippen LogP contribution in [0, 0.1) is 0 Å². The minimum Gasteiger partial charge on any atom is -0.305 e. The summed E-state index contributed by atoms with van der Waals surface area (Å²) >= 11 is 2.03. The SMILES string of the molecule is CN(C)C1CCN(CC2CSc3ccccc32)C1. The maximum absolute atomic E-state index is 2.65. The Balaban J connectivity index is 1.62. The molecule has 2 heterocycles. The molecule has 3 rings (SSSR count). The van der Waals surface area contributed by atoms with Gasteiger partial charge in [0.15, 0.2) is 0 Å². The highest BCUT2D eigenvalue weighted by Gasteiger charge is 2.29. The summed E-state index contributed by atoms with van der Waals surface area (Å²) in [5.41, 5.74) is 1.58.